The molecule has 2 N–H and O–H groups in total. The van der Waals surface area contributed by atoms with Crippen molar-refractivity contribution in [2.45, 2.75) is 26.3 Å². The van der Waals surface area contributed by atoms with Gasteiger partial charge in [-0.15, -0.1) is 0 Å². The monoisotopic (exact) mass is 364 g/mol. The van der Waals surface area contributed by atoms with Crippen molar-refractivity contribution in [1.29, 1.82) is 0 Å². The van der Waals surface area contributed by atoms with Crippen LogP contribution >= 0.6 is 0 Å². The molecule has 0 spiro atoms. The number of nitrogens with one attached hydrogen (secondary N) is 1. The van der Waals surface area contributed by atoms with E-state index in [4.69, 9.17) is 4.98 Å². The maximum absolute atomic E-state index is 12.9. The molecular formula is C20H20N4O3. The highest BCUT2D eigenvalue weighted by molar-refractivity contribution is 6.06. The number of hydrogen-bond donors (Lipinski definition) is 2. The van der Waals surface area contributed by atoms with Crippen molar-refractivity contribution in [3.05, 3.63) is 48.2 Å². The zero-order valence-corrected chi connectivity index (χ0v) is 15.0. The number of rotatable bonds is 6. The average Bonchev–Trinajstić information content (AvgIpc) is 3.38. The molecule has 0 bridgehead atoms. The highest BCUT2D eigenvalue weighted by Gasteiger charge is 2.50. The Balaban J connectivity index is 1.73. The minimum Gasteiger partial charge on any atom is -0.481 e. The second-order valence-corrected chi connectivity index (χ2v) is 6.89. The Bertz CT molecular complexity index is 1020. The Hall–Kier alpha value is -3.22. The van der Waals surface area contributed by atoms with Crippen LogP contribution < -0.4 is 5.32 Å². The molecule has 4 rings (SSSR count). The van der Waals surface area contributed by atoms with E-state index in [1.54, 1.807) is 16.9 Å². The molecule has 138 valence electrons. The van der Waals surface area contributed by atoms with Crippen molar-refractivity contribution < 1.29 is 14.7 Å². The fourth-order valence-corrected chi connectivity index (χ4v) is 3.19. The molecule has 1 saturated carbocycles. The predicted molar refractivity (Wildman–Crippen MR) is 100 cm³/mol. The van der Waals surface area contributed by atoms with E-state index in [-0.39, 0.29) is 12.5 Å². The van der Waals surface area contributed by atoms with Gasteiger partial charge < -0.3 is 10.4 Å². The number of fused-ring (bicyclic) bond motifs is 1. The smallest absolute Gasteiger partial charge is 0.311 e. The molecule has 2 heterocycles. The van der Waals surface area contributed by atoms with Crippen LogP contribution in [0.2, 0.25) is 0 Å². The van der Waals surface area contributed by atoms with E-state index in [9.17, 15) is 14.7 Å². The van der Waals surface area contributed by atoms with E-state index in [0.717, 1.165) is 5.56 Å². The topological polar surface area (TPSA) is 97.1 Å². The number of carboxylic acid groups (broad SMARTS) is 1. The van der Waals surface area contributed by atoms with Crippen molar-refractivity contribution >= 4 is 22.9 Å². The summed E-state index contributed by atoms with van der Waals surface area (Å²) < 4.78 is 1.75. The second-order valence-electron chi connectivity index (χ2n) is 6.89. The first-order valence-corrected chi connectivity index (χ1v) is 8.98. The third-order valence-electron chi connectivity index (χ3n) is 5.12. The highest BCUT2D eigenvalue weighted by Crippen LogP contribution is 2.45. The van der Waals surface area contributed by atoms with Gasteiger partial charge in [-0.25, -0.2) is 9.67 Å². The van der Waals surface area contributed by atoms with Gasteiger partial charge in [-0.2, -0.15) is 5.10 Å². The molecule has 27 heavy (non-hydrogen) atoms. The lowest BCUT2D eigenvalue weighted by molar-refractivity contribution is -0.143. The number of amides is 1. The lowest BCUT2D eigenvalue weighted by Gasteiger charge is -2.12. The van der Waals surface area contributed by atoms with Crippen molar-refractivity contribution in [1.82, 2.24) is 20.1 Å². The molecule has 0 atom stereocenters. The molecule has 0 saturated heterocycles. The van der Waals surface area contributed by atoms with Gasteiger partial charge in [0.2, 0.25) is 0 Å². The molecule has 1 aliphatic rings. The Kier molecular flexibility index (Phi) is 4.14. The third kappa shape index (κ3) is 3.05. The predicted octanol–water partition coefficient (Wildman–Crippen LogP) is 2.71. The quantitative estimate of drug-likeness (QED) is 0.701. The molecule has 0 unspecified atom stereocenters. The molecular weight excluding hydrogens is 344 g/mol. The number of nitrogens with zero attached hydrogens (tertiary/aromatic N) is 3. The first-order valence-electron chi connectivity index (χ1n) is 8.98. The zero-order valence-electron chi connectivity index (χ0n) is 15.0. The van der Waals surface area contributed by atoms with Gasteiger partial charge in [0, 0.05) is 18.7 Å². The number of aryl methyl sites for hydroxylation is 1. The van der Waals surface area contributed by atoms with Crippen LogP contribution in [0.5, 0.6) is 0 Å². The first kappa shape index (κ1) is 17.2. The van der Waals surface area contributed by atoms with Gasteiger partial charge in [0.1, 0.15) is 0 Å². The molecule has 3 aromatic rings. The largest absolute Gasteiger partial charge is 0.481 e. The summed E-state index contributed by atoms with van der Waals surface area (Å²) in [6.45, 7) is 2.73. The first-order chi connectivity index (χ1) is 13.0. The van der Waals surface area contributed by atoms with Crippen LogP contribution in [0.4, 0.5) is 0 Å². The van der Waals surface area contributed by atoms with Crippen LogP contribution in [0.3, 0.4) is 0 Å². The third-order valence-corrected chi connectivity index (χ3v) is 5.12. The number of pyridine rings is 1. The second kappa shape index (κ2) is 6.50. The standard InChI is InChI=1S/C20H20N4O3/c1-2-24-17-15(11-22-24)14(10-16(23-17)13-6-4-3-5-7-13)18(25)21-12-20(8-9-20)19(26)27/h3-7,10-11H,2,8-9,12H2,1H3,(H,21,25)(H,26,27). The number of carboxylic acids is 1. The van der Waals surface area contributed by atoms with Gasteiger partial charge in [-0.1, -0.05) is 30.3 Å². The molecule has 1 aliphatic carbocycles. The molecule has 0 radical (unpaired) electrons. The molecule has 7 nitrogen and oxygen atoms in total. The fraction of sp³-hybridized carbons (Fsp3) is 0.300. The fourth-order valence-electron chi connectivity index (χ4n) is 3.19. The van der Waals surface area contributed by atoms with E-state index >= 15 is 0 Å². The lowest BCUT2D eigenvalue weighted by atomic mass is 10.1. The molecule has 1 amide bonds. The van der Waals surface area contributed by atoms with Crippen LogP contribution in [0.25, 0.3) is 22.3 Å². The van der Waals surface area contributed by atoms with Crippen molar-refractivity contribution in [2.75, 3.05) is 6.54 Å². The number of aromatic nitrogens is 3. The number of benzene rings is 1. The summed E-state index contributed by atoms with van der Waals surface area (Å²) >= 11 is 0. The lowest BCUT2D eigenvalue weighted by Crippen LogP contribution is -2.34. The number of aliphatic carboxylic acids is 1. The molecule has 1 aromatic carbocycles. The van der Waals surface area contributed by atoms with Crippen LogP contribution in [-0.2, 0) is 11.3 Å². The summed E-state index contributed by atoms with van der Waals surface area (Å²) in [4.78, 5) is 28.9. The number of carbonyl (C=O) groups excluding carboxylic acids is 1. The van der Waals surface area contributed by atoms with Gasteiger partial charge >= 0.3 is 5.97 Å². The zero-order chi connectivity index (χ0) is 19.0. The summed E-state index contributed by atoms with van der Waals surface area (Å²) in [6.07, 6.45) is 2.83. The van der Waals surface area contributed by atoms with Crippen LogP contribution in [-0.4, -0.2) is 38.3 Å². The minimum absolute atomic E-state index is 0.133. The van der Waals surface area contributed by atoms with E-state index in [0.29, 0.717) is 41.7 Å². The van der Waals surface area contributed by atoms with E-state index in [1.165, 1.54) is 0 Å². The van der Waals surface area contributed by atoms with E-state index in [1.807, 2.05) is 37.3 Å². The Labute approximate surface area is 156 Å². The number of carbonyl (C=O) groups is 2. The van der Waals surface area contributed by atoms with Gasteiger partial charge in [0.15, 0.2) is 5.65 Å². The molecule has 2 aromatic heterocycles. The van der Waals surface area contributed by atoms with Crippen molar-refractivity contribution in [2.24, 2.45) is 5.41 Å². The SMILES string of the molecule is CCn1ncc2c(C(=O)NCC3(C(=O)O)CC3)cc(-c3ccccc3)nc21. The Morgan fingerprint density at radius 2 is 2.00 bits per heavy atom. The highest BCUT2D eigenvalue weighted by atomic mass is 16.4. The maximum Gasteiger partial charge on any atom is 0.311 e. The maximum atomic E-state index is 12.9. The summed E-state index contributed by atoms with van der Waals surface area (Å²) in [5.74, 6) is -1.16. The van der Waals surface area contributed by atoms with Gasteiger partial charge in [0.05, 0.1) is 28.3 Å². The molecule has 1 fully saturated rings. The molecule has 0 aliphatic heterocycles. The molecule has 7 heteroatoms. The van der Waals surface area contributed by atoms with E-state index < -0.39 is 11.4 Å². The number of hydrogen-bond acceptors (Lipinski definition) is 4. The van der Waals surface area contributed by atoms with Crippen molar-refractivity contribution in [3.8, 4) is 11.3 Å². The normalized spacial score (nSPS) is 14.9. The summed E-state index contributed by atoms with van der Waals surface area (Å²) in [6, 6.07) is 11.4. The Morgan fingerprint density at radius 1 is 1.26 bits per heavy atom. The van der Waals surface area contributed by atoms with Gasteiger partial charge in [-0.3, -0.25) is 9.59 Å². The van der Waals surface area contributed by atoms with E-state index in [2.05, 4.69) is 10.4 Å². The van der Waals surface area contributed by atoms with Crippen LogP contribution in [0, 0.1) is 5.41 Å². The van der Waals surface area contributed by atoms with Gasteiger partial charge in [0.25, 0.3) is 5.91 Å². The Morgan fingerprint density at radius 3 is 2.63 bits per heavy atom. The minimum atomic E-state index is -0.855. The summed E-state index contributed by atoms with van der Waals surface area (Å²) in [5.41, 5.74) is 1.88. The summed E-state index contributed by atoms with van der Waals surface area (Å²) in [5, 5.41) is 17.1. The van der Waals surface area contributed by atoms with Gasteiger partial charge in [-0.05, 0) is 25.8 Å². The summed E-state index contributed by atoms with van der Waals surface area (Å²) in [7, 11) is 0. The van der Waals surface area contributed by atoms with Crippen molar-refractivity contribution in [3.63, 3.8) is 0 Å². The average molecular weight is 364 g/mol. The van der Waals surface area contributed by atoms with Crippen LogP contribution in [0.1, 0.15) is 30.1 Å². The van der Waals surface area contributed by atoms with Crippen LogP contribution in [0.15, 0.2) is 42.6 Å².